The molecule has 0 bridgehead atoms. The molecule has 0 radical (unpaired) electrons. The molecular formula is C56H38N2. The summed E-state index contributed by atoms with van der Waals surface area (Å²) in [5, 5.41) is 7.39. The van der Waals surface area contributed by atoms with E-state index in [2.05, 4.69) is 240 Å². The van der Waals surface area contributed by atoms with Gasteiger partial charge in [0.2, 0.25) is 0 Å². The van der Waals surface area contributed by atoms with Crippen LogP contribution in [0.3, 0.4) is 0 Å². The van der Waals surface area contributed by atoms with Crippen LogP contribution in [-0.4, -0.2) is 4.57 Å². The summed E-state index contributed by atoms with van der Waals surface area (Å²) in [5.74, 6) is 0. The summed E-state index contributed by atoms with van der Waals surface area (Å²) in [6.45, 7) is 0. The molecule has 1 heterocycles. The molecule has 0 amide bonds. The van der Waals surface area contributed by atoms with Gasteiger partial charge in [-0.05, 0) is 128 Å². The molecule has 0 aliphatic heterocycles. The van der Waals surface area contributed by atoms with E-state index in [4.69, 9.17) is 0 Å². The lowest BCUT2D eigenvalue weighted by atomic mass is 9.97. The molecule has 11 rings (SSSR count). The summed E-state index contributed by atoms with van der Waals surface area (Å²) in [6.07, 6.45) is 0. The molecule has 0 N–H and O–H groups in total. The minimum absolute atomic E-state index is 1.10. The van der Waals surface area contributed by atoms with Gasteiger partial charge in [-0.25, -0.2) is 0 Å². The number of para-hydroxylation sites is 2. The highest BCUT2D eigenvalue weighted by atomic mass is 15.1. The van der Waals surface area contributed by atoms with Gasteiger partial charge in [-0.3, -0.25) is 0 Å². The zero-order chi connectivity index (χ0) is 38.4. The number of fused-ring (bicyclic) bond motifs is 5. The Kier molecular flexibility index (Phi) is 8.19. The molecule has 0 aliphatic carbocycles. The van der Waals surface area contributed by atoms with Gasteiger partial charge < -0.3 is 9.47 Å². The second-order valence-corrected chi connectivity index (χ2v) is 15.0. The van der Waals surface area contributed by atoms with Gasteiger partial charge in [0.15, 0.2) is 0 Å². The van der Waals surface area contributed by atoms with Crippen molar-refractivity contribution in [3.63, 3.8) is 0 Å². The smallest absolute Gasteiger partial charge is 0.0542 e. The third-order valence-corrected chi connectivity index (χ3v) is 11.5. The van der Waals surface area contributed by atoms with Gasteiger partial charge in [0.1, 0.15) is 0 Å². The quantitative estimate of drug-likeness (QED) is 0.158. The Morgan fingerprint density at radius 3 is 1.45 bits per heavy atom. The topological polar surface area (TPSA) is 8.17 Å². The number of rotatable bonds is 7. The third kappa shape index (κ3) is 6.00. The van der Waals surface area contributed by atoms with Crippen molar-refractivity contribution in [3.8, 4) is 39.1 Å². The van der Waals surface area contributed by atoms with E-state index in [1.807, 2.05) is 0 Å². The zero-order valence-electron chi connectivity index (χ0n) is 31.8. The second kappa shape index (κ2) is 14.1. The van der Waals surface area contributed by atoms with E-state index in [1.54, 1.807) is 0 Å². The SMILES string of the molecule is c1ccc(-c2ccc(N(c3ccc4cc(-c5ccc(-c6ccc7ccccc7c6)cc5)ccc4c3)c3ccc4c(c3)c3ccccc3n4-c3ccccc3)cc2)cc1. The molecular weight excluding hydrogens is 701 g/mol. The first-order valence-electron chi connectivity index (χ1n) is 19.9. The van der Waals surface area contributed by atoms with Crippen LogP contribution in [0.25, 0.3) is 82.4 Å². The zero-order valence-corrected chi connectivity index (χ0v) is 31.8. The number of nitrogens with zero attached hydrogens (tertiary/aromatic N) is 2. The highest BCUT2D eigenvalue weighted by molar-refractivity contribution is 6.11. The van der Waals surface area contributed by atoms with E-state index in [0.717, 1.165) is 22.7 Å². The molecule has 0 saturated heterocycles. The van der Waals surface area contributed by atoms with Crippen LogP contribution in [-0.2, 0) is 0 Å². The second-order valence-electron chi connectivity index (χ2n) is 15.0. The highest BCUT2D eigenvalue weighted by Crippen LogP contribution is 2.41. The standard InChI is InChI=1S/C56H38N2/c1-3-11-39(12-4-1)41-27-30-50(31-28-41)57(52-33-34-56-54(38-52)53-17-9-10-18-55(53)58(56)49-15-5-2-6-16-49)51-32-29-47-36-46(25-26-48(47)37-51)43-21-19-42(20-22-43)45-24-23-40-13-7-8-14-44(40)35-45/h1-38H. The predicted molar refractivity (Wildman–Crippen MR) is 247 cm³/mol. The Bertz CT molecular complexity index is 3250. The summed E-state index contributed by atoms with van der Waals surface area (Å²) >= 11 is 0. The van der Waals surface area contributed by atoms with Crippen LogP contribution in [0.2, 0.25) is 0 Å². The van der Waals surface area contributed by atoms with E-state index in [1.165, 1.54) is 76.7 Å². The average molecular weight is 739 g/mol. The van der Waals surface area contributed by atoms with E-state index >= 15 is 0 Å². The Labute approximate surface area is 338 Å². The normalized spacial score (nSPS) is 11.4. The maximum atomic E-state index is 2.39. The minimum Gasteiger partial charge on any atom is -0.310 e. The van der Waals surface area contributed by atoms with E-state index in [9.17, 15) is 0 Å². The predicted octanol–water partition coefficient (Wildman–Crippen LogP) is 15.6. The van der Waals surface area contributed by atoms with Crippen molar-refractivity contribution in [1.82, 2.24) is 4.57 Å². The summed E-state index contributed by atoms with van der Waals surface area (Å²) in [5.41, 5.74) is 14.1. The van der Waals surface area contributed by atoms with Gasteiger partial charge >= 0.3 is 0 Å². The maximum absolute atomic E-state index is 2.39. The highest BCUT2D eigenvalue weighted by Gasteiger charge is 2.18. The number of aromatic nitrogens is 1. The van der Waals surface area contributed by atoms with E-state index in [-0.39, 0.29) is 0 Å². The molecule has 10 aromatic carbocycles. The molecule has 58 heavy (non-hydrogen) atoms. The lowest BCUT2D eigenvalue weighted by molar-refractivity contribution is 1.18. The number of benzene rings is 10. The molecule has 1 aromatic heterocycles. The van der Waals surface area contributed by atoms with Crippen LogP contribution in [0.15, 0.2) is 231 Å². The molecule has 0 unspecified atom stereocenters. The van der Waals surface area contributed by atoms with Gasteiger partial charge in [-0.15, -0.1) is 0 Å². The Hall–Kier alpha value is -7.68. The fourth-order valence-corrected chi connectivity index (χ4v) is 8.61. The third-order valence-electron chi connectivity index (χ3n) is 11.5. The lowest BCUT2D eigenvalue weighted by Crippen LogP contribution is -2.10. The number of hydrogen-bond acceptors (Lipinski definition) is 1. The van der Waals surface area contributed by atoms with Gasteiger partial charge in [0.25, 0.3) is 0 Å². The molecule has 0 aliphatic rings. The van der Waals surface area contributed by atoms with Crippen LogP contribution in [0.4, 0.5) is 17.1 Å². The van der Waals surface area contributed by atoms with Crippen LogP contribution >= 0.6 is 0 Å². The first-order chi connectivity index (χ1) is 28.7. The van der Waals surface area contributed by atoms with Crippen LogP contribution < -0.4 is 4.90 Å². The molecule has 11 aromatic rings. The van der Waals surface area contributed by atoms with E-state index in [0.29, 0.717) is 0 Å². The molecule has 2 heteroatoms. The van der Waals surface area contributed by atoms with Crippen molar-refractivity contribution in [2.75, 3.05) is 4.90 Å². The van der Waals surface area contributed by atoms with Crippen molar-refractivity contribution < 1.29 is 0 Å². The molecule has 0 saturated carbocycles. The van der Waals surface area contributed by atoms with Crippen LogP contribution in [0.5, 0.6) is 0 Å². The fraction of sp³-hybridized carbons (Fsp3) is 0. The Morgan fingerprint density at radius 1 is 0.259 bits per heavy atom. The maximum Gasteiger partial charge on any atom is 0.0542 e. The molecule has 0 atom stereocenters. The molecule has 0 fully saturated rings. The lowest BCUT2D eigenvalue weighted by Gasteiger charge is -2.26. The van der Waals surface area contributed by atoms with E-state index < -0.39 is 0 Å². The van der Waals surface area contributed by atoms with Gasteiger partial charge in [-0.1, -0.05) is 158 Å². The number of hydrogen-bond donors (Lipinski definition) is 0. The fourth-order valence-electron chi connectivity index (χ4n) is 8.61. The Balaban J connectivity index is 0.988. The summed E-state index contributed by atoms with van der Waals surface area (Å²) < 4.78 is 2.37. The van der Waals surface area contributed by atoms with Gasteiger partial charge in [0.05, 0.1) is 11.0 Å². The van der Waals surface area contributed by atoms with Crippen LogP contribution in [0.1, 0.15) is 0 Å². The van der Waals surface area contributed by atoms with Gasteiger partial charge in [0, 0.05) is 33.5 Å². The summed E-state index contributed by atoms with van der Waals surface area (Å²) in [7, 11) is 0. The molecule has 272 valence electrons. The molecule has 2 nitrogen and oxygen atoms in total. The largest absolute Gasteiger partial charge is 0.310 e. The summed E-state index contributed by atoms with van der Waals surface area (Å²) in [6, 6.07) is 83.7. The van der Waals surface area contributed by atoms with Gasteiger partial charge in [-0.2, -0.15) is 0 Å². The van der Waals surface area contributed by atoms with Crippen LogP contribution in [0, 0.1) is 0 Å². The summed E-state index contributed by atoms with van der Waals surface area (Å²) in [4.78, 5) is 2.39. The van der Waals surface area contributed by atoms with Crippen molar-refractivity contribution in [2.45, 2.75) is 0 Å². The first-order valence-corrected chi connectivity index (χ1v) is 19.9. The minimum atomic E-state index is 1.10. The van der Waals surface area contributed by atoms with Crippen molar-refractivity contribution in [2.24, 2.45) is 0 Å². The van der Waals surface area contributed by atoms with Crippen molar-refractivity contribution in [3.05, 3.63) is 231 Å². The van der Waals surface area contributed by atoms with Crippen molar-refractivity contribution in [1.29, 1.82) is 0 Å². The monoisotopic (exact) mass is 738 g/mol. The van der Waals surface area contributed by atoms with Crippen molar-refractivity contribution >= 4 is 60.4 Å². The number of anilines is 3. The average Bonchev–Trinajstić information content (AvgIpc) is 3.63. The first kappa shape index (κ1) is 33.6. The Morgan fingerprint density at radius 2 is 0.707 bits per heavy atom. The molecule has 0 spiro atoms.